The van der Waals surface area contributed by atoms with Gasteiger partial charge in [-0.1, -0.05) is 6.07 Å². The number of hydrogen-bond acceptors (Lipinski definition) is 8. The first-order chi connectivity index (χ1) is 13.1. The molecule has 0 aliphatic carbocycles. The molecule has 9 nitrogen and oxygen atoms in total. The predicted molar refractivity (Wildman–Crippen MR) is 94.8 cm³/mol. The van der Waals surface area contributed by atoms with E-state index in [1.54, 1.807) is 30.5 Å². The van der Waals surface area contributed by atoms with Crippen LogP contribution in [0.25, 0.3) is 22.5 Å². The highest BCUT2D eigenvalue weighted by Gasteiger charge is 2.27. The monoisotopic (exact) mass is 361 g/mol. The van der Waals surface area contributed by atoms with Gasteiger partial charge in [-0.05, 0) is 24.3 Å². The Kier molecular flexibility index (Phi) is 3.78. The summed E-state index contributed by atoms with van der Waals surface area (Å²) in [6.07, 6.45) is 1.59. The number of anilines is 1. The SMILES string of the molecule is N#Cc1c(-c2cc3c(cc2[N+](=O)[O-])OCO3)cc(-c2ccccn2)nc1N. The zero-order valence-electron chi connectivity index (χ0n) is 13.7. The van der Waals surface area contributed by atoms with E-state index in [1.807, 2.05) is 6.07 Å². The molecule has 3 heterocycles. The highest BCUT2D eigenvalue weighted by molar-refractivity contribution is 5.85. The average molecular weight is 361 g/mol. The molecule has 1 aliphatic rings. The number of aromatic nitrogens is 2. The van der Waals surface area contributed by atoms with Crippen molar-refractivity contribution in [2.45, 2.75) is 0 Å². The Morgan fingerprint density at radius 3 is 2.59 bits per heavy atom. The van der Waals surface area contributed by atoms with Crippen LogP contribution in [0, 0.1) is 21.4 Å². The van der Waals surface area contributed by atoms with Crippen molar-refractivity contribution in [1.82, 2.24) is 9.97 Å². The van der Waals surface area contributed by atoms with Crippen molar-refractivity contribution < 1.29 is 14.4 Å². The number of rotatable bonds is 3. The number of benzene rings is 1. The standard InChI is InChI=1S/C18H11N5O4/c19-8-12-10(5-14(22-18(12)20)13-3-1-2-4-21-13)11-6-16-17(27-9-26-16)7-15(11)23(24)25/h1-7H,9H2,(H2,20,22). The maximum atomic E-state index is 11.6. The number of nitrogens with two attached hydrogens (primary N) is 1. The number of nitrogens with zero attached hydrogens (tertiary/aromatic N) is 4. The zero-order valence-corrected chi connectivity index (χ0v) is 13.7. The van der Waals surface area contributed by atoms with Crippen LogP contribution in [-0.2, 0) is 0 Å². The van der Waals surface area contributed by atoms with E-state index < -0.39 is 4.92 Å². The normalized spacial score (nSPS) is 11.8. The van der Waals surface area contributed by atoms with E-state index in [0.717, 1.165) is 0 Å². The predicted octanol–water partition coefficient (Wildman–Crippen LogP) is 2.90. The van der Waals surface area contributed by atoms with E-state index in [1.165, 1.54) is 12.1 Å². The Balaban J connectivity index is 2.00. The van der Waals surface area contributed by atoms with Crippen molar-refractivity contribution in [3.8, 4) is 40.1 Å². The molecule has 0 fully saturated rings. The Morgan fingerprint density at radius 2 is 1.93 bits per heavy atom. The molecule has 0 atom stereocenters. The van der Waals surface area contributed by atoms with Crippen LogP contribution in [0.15, 0.2) is 42.6 Å². The third-order valence-electron chi connectivity index (χ3n) is 4.06. The minimum Gasteiger partial charge on any atom is -0.454 e. The summed E-state index contributed by atoms with van der Waals surface area (Å²) in [6, 6.07) is 11.5. The first-order valence-electron chi connectivity index (χ1n) is 7.79. The summed E-state index contributed by atoms with van der Waals surface area (Å²) in [6.45, 7) is -0.0291. The number of pyridine rings is 2. The van der Waals surface area contributed by atoms with Gasteiger partial charge in [0, 0.05) is 11.8 Å². The lowest BCUT2D eigenvalue weighted by molar-refractivity contribution is -0.384. The molecule has 27 heavy (non-hydrogen) atoms. The number of nitrogen functional groups attached to an aromatic ring is 1. The summed E-state index contributed by atoms with van der Waals surface area (Å²) < 4.78 is 10.5. The maximum Gasteiger partial charge on any atom is 0.281 e. The summed E-state index contributed by atoms with van der Waals surface area (Å²) in [7, 11) is 0. The lowest BCUT2D eigenvalue weighted by atomic mass is 9.97. The van der Waals surface area contributed by atoms with Crippen LogP contribution in [-0.4, -0.2) is 21.7 Å². The fraction of sp³-hybridized carbons (Fsp3) is 0.0556. The topological polar surface area (TPSA) is 137 Å². The van der Waals surface area contributed by atoms with Gasteiger partial charge in [-0.15, -0.1) is 0 Å². The highest BCUT2D eigenvalue weighted by Crippen LogP contribution is 2.44. The Morgan fingerprint density at radius 1 is 1.15 bits per heavy atom. The third kappa shape index (κ3) is 2.75. The quantitative estimate of drug-likeness (QED) is 0.555. The van der Waals surface area contributed by atoms with E-state index in [2.05, 4.69) is 9.97 Å². The number of ether oxygens (including phenoxy) is 2. The van der Waals surface area contributed by atoms with E-state index in [-0.39, 0.29) is 40.7 Å². The molecule has 0 spiro atoms. The second-order valence-corrected chi connectivity index (χ2v) is 5.62. The van der Waals surface area contributed by atoms with Gasteiger partial charge in [-0.3, -0.25) is 15.1 Å². The fourth-order valence-electron chi connectivity index (χ4n) is 2.84. The maximum absolute atomic E-state index is 11.6. The van der Waals surface area contributed by atoms with Crippen LogP contribution in [0.2, 0.25) is 0 Å². The first kappa shape index (κ1) is 16.3. The molecule has 9 heteroatoms. The van der Waals surface area contributed by atoms with Crippen LogP contribution >= 0.6 is 0 Å². The van der Waals surface area contributed by atoms with Gasteiger partial charge >= 0.3 is 0 Å². The molecule has 132 valence electrons. The summed E-state index contributed by atoms with van der Waals surface area (Å²) >= 11 is 0. The third-order valence-corrected chi connectivity index (χ3v) is 4.06. The van der Waals surface area contributed by atoms with Crippen LogP contribution in [0.4, 0.5) is 11.5 Å². The van der Waals surface area contributed by atoms with Crippen molar-refractivity contribution >= 4 is 11.5 Å². The second kappa shape index (κ2) is 6.27. The number of fused-ring (bicyclic) bond motifs is 1. The molecule has 2 aromatic heterocycles. The summed E-state index contributed by atoms with van der Waals surface area (Å²) in [5, 5.41) is 21.1. The van der Waals surface area contributed by atoms with Gasteiger partial charge in [-0.2, -0.15) is 5.26 Å². The number of hydrogen-bond donors (Lipinski definition) is 1. The molecule has 0 saturated carbocycles. The fourth-order valence-corrected chi connectivity index (χ4v) is 2.84. The number of nitriles is 1. The van der Waals surface area contributed by atoms with Gasteiger partial charge in [0.05, 0.1) is 27.9 Å². The van der Waals surface area contributed by atoms with Crippen LogP contribution in [0.3, 0.4) is 0 Å². The molecule has 0 amide bonds. The second-order valence-electron chi connectivity index (χ2n) is 5.62. The Labute approximate surface area is 152 Å². The van der Waals surface area contributed by atoms with Crippen molar-refractivity contribution in [1.29, 1.82) is 5.26 Å². The van der Waals surface area contributed by atoms with Gasteiger partial charge in [0.1, 0.15) is 17.5 Å². The van der Waals surface area contributed by atoms with Crippen LogP contribution in [0.5, 0.6) is 11.5 Å². The minimum absolute atomic E-state index is 0.0291. The summed E-state index contributed by atoms with van der Waals surface area (Å²) in [5.41, 5.74) is 7.15. The van der Waals surface area contributed by atoms with Crippen molar-refractivity contribution in [2.24, 2.45) is 0 Å². The molecular weight excluding hydrogens is 350 g/mol. The van der Waals surface area contributed by atoms with Gasteiger partial charge in [0.15, 0.2) is 11.5 Å². The molecule has 3 aromatic rings. The van der Waals surface area contributed by atoms with E-state index in [4.69, 9.17) is 15.2 Å². The van der Waals surface area contributed by atoms with Crippen LogP contribution < -0.4 is 15.2 Å². The molecule has 0 bridgehead atoms. The summed E-state index contributed by atoms with van der Waals surface area (Å²) in [5.74, 6) is 0.591. The van der Waals surface area contributed by atoms with E-state index >= 15 is 0 Å². The Hall–Kier alpha value is -4.19. The minimum atomic E-state index is -0.546. The molecule has 1 aliphatic heterocycles. The molecule has 2 N–H and O–H groups in total. The van der Waals surface area contributed by atoms with Gasteiger partial charge < -0.3 is 15.2 Å². The molecule has 1 aromatic carbocycles. The average Bonchev–Trinajstić information content (AvgIpc) is 3.14. The van der Waals surface area contributed by atoms with E-state index in [9.17, 15) is 15.4 Å². The smallest absolute Gasteiger partial charge is 0.281 e. The van der Waals surface area contributed by atoms with Crippen molar-refractivity contribution in [3.05, 3.63) is 58.3 Å². The number of nitro benzene ring substituents is 1. The zero-order chi connectivity index (χ0) is 19.0. The van der Waals surface area contributed by atoms with Crippen LogP contribution in [0.1, 0.15) is 5.56 Å². The van der Waals surface area contributed by atoms with Crippen molar-refractivity contribution in [3.63, 3.8) is 0 Å². The lowest BCUT2D eigenvalue weighted by Gasteiger charge is -2.11. The Bertz CT molecular complexity index is 1110. The molecule has 0 saturated heterocycles. The lowest BCUT2D eigenvalue weighted by Crippen LogP contribution is -2.02. The molecular formula is C18H11N5O4. The van der Waals surface area contributed by atoms with Gasteiger partial charge in [-0.25, -0.2) is 4.98 Å². The molecule has 4 rings (SSSR count). The van der Waals surface area contributed by atoms with E-state index in [0.29, 0.717) is 17.1 Å². The number of nitro groups is 1. The van der Waals surface area contributed by atoms with Crippen molar-refractivity contribution in [2.75, 3.05) is 12.5 Å². The van der Waals surface area contributed by atoms with Gasteiger partial charge in [0.25, 0.3) is 5.69 Å². The first-order valence-corrected chi connectivity index (χ1v) is 7.79. The van der Waals surface area contributed by atoms with Gasteiger partial charge in [0.2, 0.25) is 6.79 Å². The molecule has 0 radical (unpaired) electrons. The molecule has 0 unspecified atom stereocenters. The largest absolute Gasteiger partial charge is 0.454 e. The highest BCUT2D eigenvalue weighted by atomic mass is 16.7. The summed E-state index contributed by atoms with van der Waals surface area (Å²) in [4.78, 5) is 19.5.